The van der Waals surface area contributed by atoms with E-state index in [1.807, 2.05) is 0 Å². The van der Waals surface area contributed by atoms with Crippen LogP contribution in [0.4, 0.5) is 0 Å². The van der Waals surface area contributed by atoms with Crippen molar-refractivity contribution in [1.82, 2.24) is 0 Å². The van der Waals surface area contributed by atoms with Crippen molar-refractivity contribution in [3.05, 3.63) is 0 Å². The molecule has 1 aliphatic heterocycles. The highest BCUT2D eigenvalue weighted by molar-refractivity contribution is 6.19. The second-order valence-corrected chi connectivity index (χ2v) is 4.83. The molecule has 114 valence electrons. The van der Waals surface area contributed by atoms with Gasteiger partial charge < -0.3 is 18.9 Å². The van der Waals surface area contributed by atoms with Gasteiger partial charge in [-0.05, 0) is 0 Å². The van der Waals surface area contributed by atoms with Crippen LogP contribution in [-0.4, -0.2) is 48.4 Å². The van der Waals surface area contributed by atoms with E-state index in [1.165, 1.54) is 20.8 Å². The molecular formula is C12H17ClO7. The quantitative estimate of drug-likeness (QED) is 0.430. The lowest BCUT2D eigenvalue weighted by Gasteiger charge is -2.38. The molecule has 1 heterocycles. The van der Waals surface area contributed by atoms with Crippen LogP contribution in [0.2, 0.25) is 0 Å². The van der Waals surface area contributed by atoms with E-state index >= 15 is 0 Å². The van der Waals surface area contributed by atoms with E-state index in [2.05, 4.69) is 0 Å². The molecule has 1 aliphatic rings. The number of rotatable bonds is 4. The molecule has 0 spiro atoms. The second kappa shape index (κ2) is 7.44. The Balaban J connectivity index is 2.82. The van der Waals surface area contributed by atoms with Crippen molar-refractivity contribution in [2.45, 2.75) is 51.1 Å². The summed E-state index contributed by atoms with van der Waals surface area (Å²) < 4.78 is 20.4. The largest absolute Gasteiger partial charge is 0.463 e. The fourth-order valence-corrected chi connectivity index (χ4v) is 2.19. The van der Waals surface area contributed by atoms with Gasteiger partial charge in [0, 0.05) is 27.2 Å². The first kappa shape index (κ1) is 16.7. The Morgan fingerprint density at radius 3 is 2.20 bits per heavy atom. The van der Waals surface area contributed by atoms with Crippen molar-refractivity contribution in [3.63, 3.8) is 0 Å². The topological polar surface area (TPSA) is 88.1 Å². The van der Waals surface area contributed by atoms with Gasteiger partial charge in [0.1, 0.15) is 24.4 Å². The summed E-state index contributed by atoms with van der Waals surface area (Å²) in [5.41, 5.74) is -0.730. The minimum Gasteiger partial charge on any atom is -0.463 e. The van der Waals surface area contributed by atoms with Crippen LogP contribution in [-0.2, 0) is 33.3 Å². The van der Waals surface area contributed by atoms with Crippen molar-refractivity contribution >= 4 is 29.5 Å². The Morgan fingerprint density at radius 2 is 1.70 bits per heavy atom. The molecule has 8 heteroatoms. The van der Waals surface area contributed by atoms with Gasteiger partial charge in [0.15, 0.2) is 6.10 Å². The Hall–Kier alpha value is -1.34. The Bertz CT molecular complexity index is 384. The van der Waals surface area contributed by atoms with Crippen molar-refractivity contribution in [2.75, 3.05) is 6.61 Å². The number of ether oxygens (including phenoxy) is 4. The van der Waals surface area contributed by atoms with Gasteiger partial charge in [-0.1, -0.05) is 11.6 Å². The van der Waals surface area contributed by atoms with E-state index in [9.17, 15) is 14.4 Å². The molecule has 0 radical (unpaired) electrons. The Morgan fingerprint density at radius 1 is 1.10 bits per heavy atom. The average molecular weight is 309 g/mol. The molecule has 0 aromatic carbocycles. The standard InChI is InChI=1S/C12H17ClO7/c1-6(14)17-5-10-12(19-8(3)16)9(18-7(2)15)4-11(13)20-10/h9-12H,4-5H2,1-3H3/t9-,10-,11?,12-/m1/s1. The summed E-state index contributed by atoms with van der Waals surface area (Å²) in [6.07, 6.45) is -2.22. The highest BCUT2D eigenvalue weighted by atomic mass is 35.5. The molecule has 1 saturated heterocycles. The van der Waals surface area contributed by atoms with Crippen LogP contribution in [0.3, 0.4) is 0 Å². The summed E-state index contributed by atoms with van der Waals surface area (Å²) >= 11 is 5.91. The number of hydrogen-bond donors (Lipinski definition) is 0. The first-order valence-corrected chi connectivity index (χ1v) is 6.50. The summed E-state index contributed by atoms with van der Waals surface area (Å²) in [5, 5.41) is 0. The molecule has 1 rings (SSSR count). The zero-order valence-electron chi connectivity index (χ0n) is 11.5. The van der Waals surface area contributed by atoms with Crippen LogP contribution in [0.25, 0.3) is 0 Å². The van der Waals surface area contributed by atoms with Gasteiger partial charge >= 0.3 is 17.9 Å². The van der Waals surface area contributed by atoms with Gasteiger partial charge in [-0.3, -0.25) is 14.4 Å². The number of alkyl halides is 1. The summed E-state index contributed by atoms with van der Waals surface area (Å²) in [4.78, 5) is 33.1. The first-order chi connectivity index (χ1) is 9.29. The van der Waals surface area contributed by atoms with Crippen molar-refractivity contribution in [2.24, 2.45) is 0 Å². The van der Waals surface area contributed by atoms with Gasteiger partial charge in [-0.2, -0.15) is 0 Å². The number of carbonyl (C=O) groups excluding carboxylic acids is 3. The third-order valence-corrected chi connectivity index (χ3v) is 2.82. The number of carbonyl (C=O) groups is 3. The fourth-order valence-electron chi connectivity index (χ4n) is 1.88. The monoisotopic (exact) mass is 308 g/mol. The molecule has 0 amide bonds. The minimum atomic E-state index is -0.870. The second-order valence-electron chi connectivity index (χ2n) is 4.34. The van der Waals surface area contributed by atoms with Crippen LogP contribution in [0.5, 0.6) is 0 Å². The van der Waals surface area contributed by atoms with E-state index < -0.39 is 41.8 Å². The van der Waals surface area contributed by atoms with Crippen molar-refractivity contribution in [3.8, 4) is 0 Å². The minimum absolute atomic E-state index is 0.145. The summed E-state index contributed by atoms with van der Waals surface area (Å²) in [6, 6.07) is 0. The Kier molecular flexibility index (Phi) is 6.22. The van der Waals surface area contributed by atoms with Gasteiger partial charge in [0.25, 0.3) is 0 Å². The Labute approximate surface area is 121 Å². The fraction of sp³-hybridized carbons (Fsp3) is 0.750. The van der Waals surface area contributed by atoms with E-state index in [0.717, 1.165) is 0 Å². The van der Waals surface area contributed by atoms with E-state index in [0.29, 0.717) is 0 Å². The zero-order valence-corrected chi connectivity index (χ0v) is 12.2. The van der Waals surface area contributed by atoms with Gasteiger partial charge in [-0.15, -0.1) is 0 Å². The molecule has 0 aliphatic carbocycles. The van der Waals surface area contributed by atoms with Crippen molar-refractivity contribution < 1.29 is 33.3 Å². The van der Waals surface area contributed by atoms with Crippen LogP contribution in [0, 0.1) is 0 Å². The molecule has 20 heavy (non-hydrogen) atoms. The molecule has 1 fully saturated rings. The lowest BCUT2D eigenvalue weighted by molar-refractivity contribution is -0.205. The predicted octanol–water partition coefficient (Wildman–Crippen LogP) is 0.767. The molecule has 1 unspecified atom stereocenters. The van der Waals surface area contributed by atoms with E-state index in [-0.39, 0.29) is 13.0 Å². The molecule has 0 saturated carbocycles. The zero-order chi connectivity index (χ0) is 15.3. The van der Waals surface area contributed by atoms with Crippen LogP contribution in [0.15, 0.2) is 0 Å². The third kappa shape index (κ3) is 5.34. The molecule has 0 bridgehead atoms. The molecule has 0 N–H and O–H groups in total. The summed E-state index contributed by atoms with van der Waals surface area (Å²) in [7, 11) is 0. The highest BCUT2D eigenvalue weighted by Gasteiger charge is 2.43. The number of hydrogen-bond acceptors (Lipinski definition) is 7. The highest BCUT2D eigenvalue weighted by Crippen LogP contribution is 2.27. The van der Waals surface area contributed by atoms with E-state index in [4.69, 9.17) is 30.5 Å². The molecular weight excluding hydrogens is 292 g/mol. The number of esters is 3. The maximum absolute atomic E-state index is 11.1. The number of halogens is 1. The van der Waals surface area contributed by atoms with Gasteiger partial charge in [0.2, 0.25) is 0 Å². The SMILES string of the molecule is CC(=O)OC[C@H]1OC(Cl)C[C@@H](OC(C)=O)[C@H]1OC(C)=O. The van der Waals surface area contributed by atoms with Crippen molar-refractivity contribution in [1.29, 1.82) is 0 Å². The first-order valence-electron chi connectivity index (χ1n) is 6.07. The lowest BCUT2D eigenvalue weighted by Crippen LogP contribution is -2.52. The predicted molar refractivity (Wildman–Crippen MR) is 66.9 cm³/mol. The third-order valence-electron chi connectivity index (χ3n) is 2.54. The van der Waals surface area contributed by atoms with Crippen LogP contribution >= 0.6 is 11.6 Å². The van der Waals surface area contributed by atoms with E-state index in [1.54, 1.807) is 0 Å². The maximum atomic E-state index is 11.1. The molecule has 7 nitrogen and oxygen atoms in total. The van der Waals surface area contributed by atoms with Crippen LogP contribution < -0.4 is 0 Å². The maximum Gasteiger partial charge on any atom is 0.303 e. The molecule has 0 aromatic rings. The van der Waals surface area contributed by atoms with Gasteiger partial charge in [-0.25, -0.2) is 0 Å². The van der Waals surface area contributed by atoms with Crippen LogP contribution in [0.1, 0.15) is 27.2 Å². The smallest absolute Gasteiger partial charge is 0.303 e. The average Bonchev–Trinajstić information content (AvgIpc) is 2.28. The molecule has 0 aromatic heterocycles. The normalized spacial score (nSPS) is 29.4. The summed E-state index contributed by atoms with van der Waals surface area (Å²) in [5.74, 6) is -1.59. The summed E-state index contributed by atoms with van der Waals surface area (Å²) in [6.45, 7) is 3.56. The van der Waals surface area contributed by atoms with Gasteiger partial charge in [0.05, 0.1) is 0 Å². The molecule has 4 atom stereocenters. The lowest BCUT2D eigenvalue weighted by atomic mass is 10.0.